The lowest BCUT2D eigenvalue weighted by atomic mass is 10.5. The lowest BCUT2D eigenvalue weighted by Gasteiger charge is -1.87. The summed E-state index contributed by atoms with van der Waals surface area (Å²) in [5.41, 5.74) is 0. The molecule has 0 aromatic heterocycles. The first-order valence-electron chi connectivity index (χ1n) is 4.22. The first kappa shape index (κ1) is 15.4. The molecule has 0 bridgehead atoms. The van der Waals surface area contributed by atoms with Crippen LogP contribution >= 0.6 is 22.3 Å². The van der Waals surface area contributed by atoms with Crippen molar-refractivity contribution in [1.29, 1.82) is 0 Å². The first-order valence-corrected chi connectivity index (χ1v) is 8.89. The SMILES string of the molecule is O=S(=O)(Cl)CCCCl.O=S1(=O)CCCN1. The molecule has 1 fully saturated rings. The van der Waals surface area contributed by atoms with Crippen LogP contribution in [-0.4, -0.2) is 40.8 Å². The number of nitrogens with one attached hydrogen (secondary N) is 1. The van der Waals surface area contributed by atoms with E-state index in [1.165, 1.54) is 0 Å². The Morgan fingerprint density at radius 1 is 1.33 bits per heavy atom. The molecular weight excluding hydrogens is 285 g/mol. The van der Waals surface area contributed by atoms with E-state index >= 15 is 0 Å². The monoisotopic (exact) mass is 297 g/mol. The van der Waals surface area contributed by atoms with Gasteiger partial charge in [0, 0.05) is 23.1 Å². The molecule has 1 rings (SSSR count). The van der Waals surface area contributed by atoms with Crippen molar-refractivity contribution in [2.24, 2.45) is 0 Å². The molecule has 0 radical (unpaired) electrons. The van der Waals surface area contributed by atoms with Gasteiger partial charge in [0.15, 0.2) is 0 Å². The summed E-state index contributed by atoms with van der Waals surface area (Å²) in [6, 6.07) is 0. The second-order valence-corrected chi connectivity index (χ2v) is 8.05. The molecule has 15 heavy (non-hydrogen) atoms. The van der Waals surface area contributed by atoms with E-state index in [2.05, 4.69) is 4.72 Å². The van der Waals surface area contributed by atoms with Crippen LogP contribution in [0.2, 0.25) is 0 Å². The van der Waals surface area contributed by atoms with Gasteiger partial charge in [-0.2, -0.15) is 0 Å². The zero-order valence-corrected chi connectivity index (χ0v) is 11.1. The summed E-state index contributed by atoms with van der Waals surface area (Å²) >= 11 is 5.18. The fourth-order valence-corrected chi connectivity index (χ4v) is 3.02. The highest BCUT2D eigenvalue weighted by molar-refractivity contribution is 8.13. The van der Waals surface area contributed by atoms with E-state index in [0.29, 0.717) is 24.6 Å². The summed E-state index contributed by atoms with van der Waals surface area (Å²) in [6.45, 7) is 0.627. The molecule has 1 heterocycles. The van der Waals surface area contributed by atoms with Crippen LogP contribution in [0.15, 0.2) is 0 Å². The number of hydrogen-bond donors (Lipinski definition) is 1. The van der Waals surface area contributed by atoms with E-state index in [1.807, 2.05) is 0 Å². The molecule has 0 amide bonds. The van der Waals surface area contributed by atoms with Crippen molar-refractivity contribution >= 4 is 41.4 Å². The van der Waals surface area contributed by atoms with Gasteiger partial charge in [-0.05, 0) is 12.8 Å². The third-order valence-electron chi connectivity index (χ3n) is 1.43. The van der Waals surface area contributed by atoms with Crippen molar-refractivity contribution in [1.82, 2.24) is 4.72 Å². The molecular formula is C6H13Cl2NO4S2. The summed E-state index contributed by atoms with van der Waals surface area (Å²) in [5.74, 6) is 0.622. The van der Waals surface area contributed by atoms with Crippen LogP contribution in [0.5, 0.6) is 0 Å². The van der Waals surface area contributed by atoms with Gasteiger partial charge in [0.2, 0.25) is 19.1 Å². The second kappa shape index (κ2) is 6.90. The quantitative estimate of drug-likeness (QED) is 0.607. The summed E-state index contributed by atoms with van der Waals surface area (Å²) in [4.78, 5) is 0. The maximum absolute atomic E-state index is 10.3. The molecule has 0 aromatic carbocycles. The zero-order chi connectivity index (χ0) is 11.9. The van der Waals surface area contributed by atoms with Gasteiger partial charge in [0.25, 0.3) is 0 Å². The van der Waals surface area contributed by atoms with E-state index in [-0.39, 0.29) is 5.75 Å². The van der Waals surface area contributed by atoms with E-state index in [9.17, 15) is 16.8 Å². The lowest BCUT2D eigenvalue weighted by Crippen LogP contribution is -2.15. The van der Waals surface area contributed by atoms with Gasteiger partial charge in [-0.15, -0.1) is 11.6 Å². The van der Waals surface area contributed by atoms with Crippen LogP contribution in [-0.2, 0) is 19.1 Å². The third-order valence-corrected chi connectivity index (χ3v) is 4.41. The number of rotatable bonds is 3. The average Bonchev–Trinajstić information content (AvgIpc) is 2.46. The Bertz CT molecular complexity index is 353. The van der Waals surface area contributed by atoms with Crippen LogP contribution in [0.25, 0.3) is 0 Å². The van der Waals surface area contributed by atoms with Crippen LogP contribution < -0.4 is 4.72 Å². The van der Waals surface area contributed by atoms with Gasteiger partial charge in [-0.1, -0.05) is 0 Å². The van der Waals surface area contributed by atoms with Crippen molar-refractivity contribution in [3.63, 3.8) is 0 Å². The van der Waals surface area contributed by atoms with Crippen LogP contribution in [0.1, 0.15) is 12.8 Å². The van der Waals surface area contributed by atoms with Crippen molar-refractivity contribution in [3.05, 3.63) is 0 Å². The maximum atomic E-state index is 10.3. The van der Waals surface area contributed by atoms with Crippen molar-refractivity contribution in [3.8, 4) is 0 Å². The Hall–Kier alpha value is 0.440. The van der Waals surface area contributed by atoms with Crippen molar-refractivity contribution in [2.75, 3.05) is 23.9 Å². The Morgan fingerprint density at radius 2 is 1.93 bits per heavy atom. The van der Waals surface area contributed by atoms with Crippen molar-refractivity contribution in [2.45, 2.75) is 12.8 Å². The molecule has 1 aliphatic heterocycles. The Balaban J connectivity index is 0.000000262. The molecule has 0 aliphatic carbocycles. The van der Waals surface area contributed by atoms with Gasteiger partial charge < -0.3 is 0 Å². The minimum atomic E-state index is -3.30. The van der Waals surface area contributed by atoms with E-state index < -0.39 is 19.1 Å². The fourth-order valence-electron chi connectivity index (χ4n) is 0.789. The molecule has 9 heteroatoms. The second-order valence-electron chi connectivity index (χ2n) is 2.85. The minimum absolute atomic E-state index is 0.0297. The molecule has 92 valence electrons. The normalized spacial score (nSPS) is 19.3. The van der Waals surface area contributed by atoms with Gasteiger partial charge in [0.05, 0.1) is 11.5 Å². The predicted octanol–water partition coefficient (Wildman–Crippen LogP) is 0.493. The Labute approximate surface area is 99.6 Å². The maximum Gasteiger partial charge on any atom is 0.232 e. The zero-order valence-electron chi connectivity index (χ0n) is 7.95. The molecule has 1 aliphatic rings. The smallest absolute Gasteiger partial charge is 0.215 e. The molecule has 0 unspecified atom stereocenters. The summed E-state index contributed by atoms with van der Waals surface area (Å²) in [7, 11) is -1.27. The van der Waals surface area contributed by atoms with Crippen LogP contribution in [0, 0.1) is 0 Å². The highest BCUT2D eigenvalue weighted by Crippen LogP contribution is 1.98. The molecule has 0 spiro atoms. The largest absolute Gasteiger partial charge is 0.232 e. The van der Waals surface area contributed by atoms with Crippen molar-refractivity contribution < 1.29 is 16.8 Å². The average molecular weight is 298 g/mol. The van der Waals surface area contributed by atoms with Gasteiger partial charge in [-0.25, -0.2) is 21.6 Å². The molecule has 0 saturated carbocycles. The molecule has 0 aromatic rings. The van der Waals surface area contributed by atoms with E-state index in [0.717, 1.165) is 6.42 Å². The molecule has 1 saturated heterocycles. The summed E-state index contributed by atoms with van der Waals surface area (Å²) in [6.07, 6.45) is 1.19. The Kier molecular flexibility index (Phi) is 7.10. The number of halogens is 2. The topological polar surface area (TPSA) is 80.3 Å². The van der Waals surface area contributed by atoms with E-state index in [4.69, 9.17) is 22.3 Å². The van der Waals surface area contributed by atoms with Crippen LogP contribution in [0.3, 0.4) is 0 Å². The molecule has 0 atom stereocenters. The summed E-state index contributed by atoms with van der Waals surface area (Å²) < 4.78 is 43.2. The predicted molar refractivity (Wildman–Crippen MR) is 61.4 cm³/mol. The first-order chi connectivity index (χ1) is 6.77. The standard InChI is InChI=1S/C3H6Cl2O2S.C3H7NO2S/c4-2-1-3-8(5,6)7;5-7(6)3-1-2-4-7/h1-3H2;4H,1-3H2. The number of alkyl halides is 1. The Morgan fingerprint density at radius 3 is 2.07 bits per heavy atom. The van der Waals surface area contributed by atoms with Gasteiger partial charge in [-0.3, -0.25) is 0 Å². The highest BCUT2D eigenvalue weighted by Gasteiger charge is 2.14. The lowest BCUT2D eigenvalue weighted by molar-refractivity contribution is 0.594. The van der Waals surface area contributed by atoms with E-state index in [1.54, 1.807) is 0 Å². The molecule has 1 N–H and O–H groups in total. The minimum Gasteiger partial charge on any atom is -0.215 e. The number of hydrogen-bond acceptors (Lipinski definition) is 4. The fraction of sp³-hybridized carbons (Fsp3) is 1.00. The summed E-state index contributed by atoms with van der Waals surface area (Å²) in [5, 5.41) is 0. The highest BCUT2D eigenvalue weighted by atomic mass is 35.7. The van der Waals surface area contributed by atoms with Gasteiger partial charge in [0.1, 0.15) is 0 Å². The number of sulfonamides is 1. The molecule has 5 nitrogen and oxygen atoms in total. The van der Waals surface area contributed by atoms with Crippen LogP contribution in [0.4, 0.5) is 0 Å². The third kappa shape index (κ3) is 10.7. The van der Waals surface area contributed by atoms with Gasteiger partial charge >= 0.3 is 0 Å².